The molecule has 0 spiro atoms. The van der Waals surface area contributed by atoms with Crippen molar-refractivity contribution in [3.05, 3.63) is 18.0 Å². The minimum absolute atomic E-state index is 0.0895. The molecule has 4 heterocycles. The quantitative estimate of drug-likeness (QED) is 0.668. The summed E-state index contributed by atoms with van der Waals surface area (Å²) in [5.41, 5.74) is 0. The average molecular weight is 262 g/mol. The maximum atomic E-state index is 12.2. The minimum atomic E-state index is -0.557. The highest BCUT2D eigenvalue weighted by atomic mass is 16.5. The van der Waals surface area contributed by atoms with Crippen molar-refractivity contribution in [3.63, 3.8) is 0 Å². The fraction of sp³-hybridized carbons (Fsp3) is 0.455. The van der Waals surface area contributed by atoms with E-state index in [0.717, 1.165) is 0 Å². The van der Waals surface area contributed by atoms with Gasteiger partial charge in [0, 0.05) is 12.6 Å². The van der Waals surface area contributed by atoms with E-state index in [1.807, 2.05) is 0 Å². The molecule has 0 saturated carbocycles. The molecule has 2 bridgehead atoms. The van der Waals surface area contributed by atoms with Gasteiger partial charge in [-0.15, -0.1) is 0 Å². The summed E-state index contributed by atoms with van der Waals surface area (Å²) in [4.78, 5) is 38.8. The third-order valence-corrected chi connectivity index (χ3v) is 4.02. The summed E-state index contributed by atoms with van der Waals surface area (Å²) in [6, 6.07) is 0.223. The Morgan fingerprint density at radius 3 is 3.05 bits per heavy atom. The van der Waals surface area contributed by atoms with E-state index in [2.05, 4.69) is 10.5 Å². The van der Waals surface area contributed by atoms with E-state index in [0.29, 0.717) is 13.0 Å². The number of amides is 4. The number of rotatable bonds is 1. The summed E-state index contributed by atoms with van der Waals surface area (Å²) in [5, 5.41) is 5.79. The largest absolute Gasteiger partial charge is 0.351 e. The normalized spacial score (nSPS) is 31.9. The molecule has 3 fully saturated rings. The van der Waals surface area contributed by atoms with Crippen molar-refractivity contribution >= 4 is 17.8 Å². The summed E-state index contributed by atoms with van der Waals surface area (Å²) < 4.78 is 4.85. The molecule has 0 radical (unpaired) electrons. The van der Waals surface area contributed by atoms with E-state index in [4.69, 9.17) is 4.52 Å². The molecule has 4 rings (SSSR count). The molecule has 3 saturated heterocycles. The highest BCUT2D eigenvalue weighted by molar-refractivity contribution is 6.06. The lowest BCUT2D eigenvalue weighted by molar-refractivity contribution is -0.122. The lowest BCUT2D eigenvalue weighted by atomic mass is 10.1. The first-order valence-corrected chi connectivity index (χ1v) is 6.01. The molecule has 8 nitrogen and oxygen atoms in total. The molecule has 1 aromatic heterocycles. The van der Waals surface area contributed by atoms with Gasteiger partial charge >= 0.3 is 6.03 Å². The monoisotopic (exact) mass is 262 g/mol. The van der Waals surface area contributed by atoms with Crippen LogP contribution in [-0.2, 0) is 4.79 Å². The smallest absolute Gasteiger partial charge is 0.325 e. The SMILES string of the molecule is O=C1NC(=O)N2C3CC(C12)N(C(=O)c1ccno1)C3. The molecular weight excluding hydrogens is 252 g/mol. The van der Waals surface area contributed by atoms with Gasteiger partial charge in [-0.1, -0.05) is 5.16 Å². The zero-order valence-electron chi connectivity index (χ0n) is 9.78. The molecule has 1 N–H and O–H groups in total. The number of likely N-dealkylation sites (tertiary alicyclic amines) is 1. The van der Waals surface area contributed by atoms with Crippen LogP contribution in [0.4, 0.5) is 4.79 Å². The number of piperazine rings is 1. The molecule has 4 amide bonds. The fourth-order valence-corrected chi connectivity index (χ4v) is 3.29. The van der Waals surface area contributed by atoms with Crippen molar-refractivity contribution in [1.29, 1.82) is 0 Å². The third kappa shape index (κ3) is 1.23. The van der Waals surface area contributed by atoms with Gasteiger partial charge in [0.1, 0.15) is 6.04 Å². The second-order valence-corrected chi connectivity index (χ2v) is 4.94. The number of imide groups is 1. The number of hydrogen-bond donors (Lipinski definition) is 1. The van der Waals surface area contributed by atoms with Gasteiger partial charge in [0.05, 0.1) is 18.3 Å². The Bertz CT molecular complexity index is 584. The van der Waals surface area contributed by atoms with E-state index < -0.39 is 6.04 Å². The van der Waals surface area contributed by atoms with Crippen LogP contribution in [0.2, 0.25) is 0 Å². The van der Waals surface area contributed by atoms with Crippen LogP contribution in [0.3, 0.4) is 0 Å². The molecule has 1 aromatic rings. The Balaban J connectivity index is 1.64. The van der Waals surface area contributed by atoms with Crippen LogP contribution in [0.5, 0.6) is 0 Å². The molecule has 98 valence electrons. The van der Waals surface area contributed by atoms with Crippen LogP contribution >= 0.6 is 0 Å². The van der Waals surface area contributed by atoms with Crippen molar-refractivity contribution < 1.29 is 18.9 Å². The second kappa shape index (κ2) is 3.34. The Morgan fingerprint density at radius 1 is 1.47 bits per heavy atom. The number of hydrogen-bond acceptors (Lipinski definition) is 5. The molecule has 19 heavy (non-hydrogen) atoms. The van der Waals surface area contributed by atoms with Crippen LogP contribution in [0.15, 0.2) is 16.8 Å². The van der Waals surface area contributed by atoms with Gasteiger partial charge in [0.25, 0.3) is 11.8 Å². The van der Waals surface area contributed by atoms with Gasteiger partial charge in [-0.05, 0) is 6.42 Å². The summed E-state index contributed by atoms with van der Waals surface area (Å²) >= 11 is 0. The molecule has 3 aliphatic rings. The number of urea groups is 1. The van der Waals surface area contributed by atoms with Crippen LogP contribution in [0, 0.1) is 0 Å². The first-order chi connectivity index (χ1) is 9.16. The second-order valence-electron chi connectivity index (χ2n) is 4.94. The van der Waals surface area contributed by atoms with E-state index in [1.54, 1.807) is 9.80 Å². The zero-order chi connectivity index (χ0) is 13.1. The van der Waals surface area contributed by atoms with Crippen LogP contribution < -0.4 is 5.32 Å². The molecule has 3 atom stereocenters. The number of nitrogens with zero attached hydrogens (tertiary/aromatic N) is 3. The first kappa shape index (κ1) is 10.5. The van der Waals surface area contributed by atoms with Crippen molar-refractivity contribution in [1.82, 2.24) is 20.3 Å². The number of nitrogens with one attached hydrogen (secondary N) is 1. The van der Waals surface area contributed by atoms with Gasteiger partial charge in [-0.25, -0.2) is 4.79 Å². The van der Waals surface area contributed by atoms with E-state index in [1.165, 1.54) is 12.3 Å². The molecule has 8 heteroatoms. The van der Waals surface area contributed by atoms with Crippen LogP contribution in [-0.4, -0.2) is 57.5 Å². The zero-order valence-corrected chi connectivity index (χ0v) is 9.78. The van der Waals surface area contributed by atoms with E-state index in [9.17, 15) is 14.4 Å². The summed E-state index contributed by atoms with van der Waals surface area (Å²) in [6.07, 6.45) is 2.05. The summed E-state index contributed by atoms with van der Waals surface area (Å²) in [6.45, 7) is 0.432. The standard InChI is InChI=1S/C11H10N4O4/c16-9-8-6-3-5(15(8)11(18)13-9)4-14(6)10(17)7-1-2-12-19-7/h1-2,5-6,8H,3-4H2,(H,13,16,18). The topological polar surface area (TPSA) is 95.8 Å². The molecule has 3 aliphatic heterocycles. The van der Waals surface area contributed by atoms with Gasteiger partial charge in [-0.2, -0.15) is 0 Å². The maximum Gasteiger partial charge on any atom is 0.325 e. The molecule has 0 aromatic carbocycles. The van der Waals surface area contributed by atoms with E-state index >= 15 is 0 Å². The average Bonchev–Trinajstić information content (AvgIpc) is 3.11. The van der Waals surface area contributed by atoms with Gasteiger partial charge in [0.15, 0.2) is 0 Å². The number of fused-ring (bicyclic) bond motifs is 5. The van der Waals surface area contributed by atoms with Gasteiger partial charge < -0.3 is 14.3 Å². The predicted molar refractivity (Wildman–Crippen MR) is 58.9 cm³/mol. The lowest BCUT2D eigenvalue weighted by Gasteiger charge is -2.34. The molecule has 3 unspecified atom stereocenters. The first-order valence-electron chi connectivity index (χ1n) is 6.01. The number of aromatic nitrogens is 1. The van der Waals surface area contributed by atoms with Crippen molar-refractivity contribution in [2.45, 2.75) is 24.5 Å². The Hall–Kier alpha value is -2.38. The number of carbonyl (C=O) groups excluding carboxylic acids is 3. The van der Waals surface area contributed by atoms with Gasteiger partial charge in [0.2, 0.25) is 5.76 Å². The highest BCUT2D eigenvalue weighted by Gasteiger charge is 2.60. The highest BCUT2D eigenvalue weighted by Crippen LogP contribution is 2.38. The minimum Gasteiger partial charge on any atom is -0.351 e. The van der Waals surface area contributed by atoms with Crippen molar-refractivity contribution in [2.24, 2.45) is 0 Å². The van der Waals surface area contributed by atoms with Crippen molar-refractivity contribution in [3.8, 4) is 0 Å². The summed E-state index contributed by atoms with van der Waals surface area (Å²) in [5.74, 6) is -0.451. The lowest BCUT2D eigenvalue weighted by Crippen LogP contribution is -2.54. The Morgan fingerprint density at radius 2 is 2.32 bits per heavy atom. The van der Waals surface area contributed by atoms with Crippen LogP contribution in [0.1, 0.15) is 17.0 Å². The molecular formula is C11H10N4O4. The Labute approximate surface area is 107 Å². The number of carbonyl (C=O) groups is 3. The fourth-order valence-electron chi connectivity index (χ4n) is 3.29. The van der Waals surface area contributed by atoms with Crippen LogP contribution in [0.25, 0.3) is 0 Å². The predicted octanol–water partition coefficient (Wildman–Crippen LogP) is -0.808. The summed E-state index contributed by atoms with van der Waals surface area (Å²) in [7, 11) is 0. The third-order valence-electron chi connectivity index (χ3n) is 4.02. The molecule has 0 aliphatic carbocycles. The van der Waals surface area contributed by atoms with E-state index in [-0.39, 0.29) is 35.7 Å². The van der Waals surface area contributed by atoms with Crippen molar-refractivity contribution in [2.75, 3.05) is 6.54 Å². The maximum absolute atomic E-state index is 12.2. The Kier molecular flexibility index (Phi) is 1.85. The van der Waals surface area contributed by atoms with Gasteiger partial charge in [-0.3, -0.25) is 14.9 Å².